The summed E-state index contributed by atoms with van der Waals surface area (Å²) in [6, 6.07) is 0.393. The lowest BCUT2D eigenvalue weighted by Crippen LogP contribution is -2.39. The molecule has 0 aromatic carbocycles. The second-order valence-electron chi connectivity index (χ2n) is 3.66. The van der Waals surface area contributed by atoms with Crippen molar-refractivity contribution in [2.45, 2.75) is 52.9 Å². The summed E-state index contributed by atoms with van der Waals surface area (Å²) in [5, 5.41) is 3.34. The van der Waals surface area contributed by atoms with E-state index in [2.05, 4.69) is 26.1 Å². The quantitative estimate of drug-likeness (QED) is 0.652. The first-order valence-electron chi connectivity index (χ1n) is 5.58. The van der Waals surface area contributed by atoms with Crippen LogP contribution in [0.5, 0.6) is 0 Å². The maximum absolute atomic E-state index is 5.78. The molecule has 0 rings (SSSR count). The molecule has 0 radical (unpaired) electrons. The van der Waals surface area contributed by atoms with Gasteiger partial charge in [0.05, 0.1) is 18.8 Å². The SMILES string of the molecule is CCNC(C)C(C)OC(C)COCC. The minimum Gasteiger partial charge on any atom is -0.379 e. The average molecular weight is 203 g/mol. The highest BCUT2D eigenvalue weighted by Gasteiger charge is 2.14. The zero-order valence-electron chi connectivity index (χ0n) is 10.2. The van der Waals surface area contributed by atoms with Gasteiger partial charge in [0.2, 0.25) is 0 Å². The van der Waals surface area contributed by atoms with Gasteiger partial charge in [-0.05, 0) is 34.2 Å². The van der Waals surface area contributed by atoms with Crippen molar-refractivity contribution in [3.05, 3.63) is 0 Å². The van der Waals surface area contributed by atoms with E-state index in [1.165, 1.54) is 0 Å². The fraction of sp³-hybridized carbons (Fsp3) is 1.00. The largest absolute Gasteiger partial charge is 0.379 e. The van der Waals surface area contributed by atoms with Gasteiger partial charge in [0.15, 0.2) is 0 Å². The van der Waals surface area contributed by atoms with Crippen LogP contribution < -0.4 is 5.32 Å². The molecule has 3 atom stereocenters. The number of likely N-dealkylation sites (N-methyl/N-ethyl adjacent to an activating group) is 1. The van der Waals surface area contributed by atoms with Gasteiger partial charge < -0.3 is 14.8 Å². The van der Waals surface area contributed by atoms with Gasteiger partial charge in [0.1, 0.15) is 0 Å². The minimum absolute atomic E-state index is 0.172. The summed E-state index contributed by atoms with van der Waals surface area (Å²) in [5.74, 6) is 0. The van der Waals surface area contributed by atoms with Crippen molar-refractivity contribution in [1.29, 1.82) is 0 Å². The van der Waals surface area contributed by atoms with Gasteiger partial charge in [-0.15, -0.1) is 0 Å². The Bertz CT molecular complexity index is 130. The van der Waals surface area contributed by atoms with Crippen LogP contribution in [0.3, 0.4) is 0 Å². The molecule has 0 aliphatic heterocycles. The van der Waals surface area contributed by atoms with Crippen LogP contribution in [0.25, 0.3) is 0 Å². The molecule has 1 N–H and O–H groups in total. The highest BCUT2D eigenvalue weighted by molar-refractivity contribution is 4.68. The molecule has 0 spiro atoms. The molecule has 0 saturated carbocycles. The van der Waals surface area contributed by atoms with E-state index in [0.29, 0.717) is 12.6 Å². The molecule has 3 unspecified atom stereocenters. The minimum atomic E-state index is 0.172. The number of hydrogen-bond donors (Lipinski definition) is 1. The Morgan fingerprint density at radius 2 is 1.79 bits per heavy atom. The molecular weight excluding hydrogens is 178 g/mol. The maximum Gasteiger partial charge on any atom is 0.0784 e. The van der Waals surface area contributed by atoms with Crippen molar-refractivity contribution in [3.63, 3.8) is 0 Å². The van der Waals surface area contributed by atoms with Crippen LogP contribution in [-0.2, 0) is 9.47 Å². The van der Waals surface area contributed by atoms with Crippen LogP contribution in [0, 0.1) is 0 Å². The Hall–Kier alpha value is -0.120. The first-order chi connectivity index (χ1) is 6.61. The Labute approximate surface area is 88.2 Å². The third kappa shape index (κ3) is 6.35. The van der Waals surface area contributed by atoms with Crippen molar-refractivity contribution < 1.29 is 9.47 Å². The molecule has 86 valence electrons. The van der Waals surface area contributed by atoms with Crippen molar-refractivity contribution in [2.75, 3.05) is 19.8 Å². The summed E-state index contributed by atoms with van der Waals surface area (Å²) in [4.78, 5) is 0. The van der Waals surface area contributed by atoms with E-state index in [-0.39, 0.29) is 12.2 Å². The monoisotopic (exact) mass is 203 g/mol. The highest BCUT2D eigenvalue weighted by Crippen LogP contribution is 2.03. The third-order valence-electron chi connectivity index (χ3n) is 2.23. The summed E-state index contributed by atoms with van der Waals surface area (Å²) in [6.45, 7) is 12.8. The van der Waals surface area contributed by atoms with E-state index < -0.39 is 0 Å². The molecule has 0 aliphatic carbocycles. The van der Waals surface area contributed by atoms with Crippen LogP contribution in [0.2, 0.25) is 0 Å². The summed E-state index contributed by atoms with van der Waals surface area (Å²) in [5.41, 5.74) is 0. The molecule has 14 heavy (non-hydrogen) atoms. The zero-order valence-corrected chi connectivity index (χ0v) is 10.2. The van der Waals surface area contributed by atoms with Crippen molar-refractivity contribution >= 4 is 0 Å². The molecule has 3 nitrogen and oxygen atoms in total. The zero-order chi connectivity index (χ0) is 11.0. The maximum atomic E-state index is 5.78. The predicted octanol–water partition coefficient (Wildman–Crippen LogP) is 1.81. The lowest BCUT2D eigenvalue weighted by Gasteiger charge is -2.24. The van der Waals surface area contributed by atoms with Gasteiger partial charge >= 0.3 is 0 Å². The summed E-state index contributed by atoms with van der Waals surface area (Å²) < 4.78 is 11.1. The standard InChI is InChI=1S/C11H25NO2/c1-6-12-10(4)11(5)14-9(3)8-13-7-2/h9-12H,6-8H2,1-5H3. The molecule has 0 heterocycles. The van der Waals surface area contributed by atoms with Gasteiger partial charge in [-0.25, -0.2) is 0 Å². The smallest absolute Gasteiger partial charge is 0.0784 e. The Kier molecular flexibility index (Phi) is 8.14. The Balaban J connectivity index is 3.63. The molecule has 0 aliphatic rings. The summed E-state index contributed by atoms with van der Waals surface area (Å²) in [7, 11) is 0. The first kappa shape index (κ1) is 13.9. The summed E-state index contributed by atoms with van der Waals surface area (Å²) >= 11 is 0. The Morgan fingerprint density at radius 3 is 2.29 bits per heavy atom. The van der Waals surface area contributed by atoms with Crippen LogP contribution in [0.15, 0.2) is 0 Å². The lowest BCUT2D eigenvalue weighted by atomic mass is 10.2. The fourth-order valence-electron chi connectivity index (χ4n) is 1.30. The van der Waals surface area contributed by atoms with Crippen molar-refractivity contribution in [1.82, 2.24) is 5.32 Å². The van der Waals surface area contributed by atoms with Crippen LogP contribution in [0.1, 0.15) is 34.6 Å². The van der Waals surface area contributed by atoms with Crippen LogP contribution in [-0.4, -0.2) is 38.0 Å². The van der Waals surface area contributed by atoms with Gasteiger partial charge in [-0.3, -0.25) is 0 Å². The number of ether oxygens (including phenoxy) is 2. The Morgan fingerprint density at radius 1 is 1.14 bits per heavy atom. The molecule has 0 aromatic heterocycles. The highest BCUT2D eigenvalue weighted by atomic mass is 16.5. The van der Waals surface area contributed by atoms with E-state index in [1.54, 1.807) is 0 Å². The lowest BCUT2D eigenvalue weighted by molar-refractivity contribution is -0.0497. The van der Waals surface area contributed by atoms with E-state index in [9.17, 15) is 0 Å². The molecule has 0 amide bonds. The molecular formula is C11H25NO2. The van der Waals surface area contributed by atoms with Gasteiger partial charge in [-0.1, -0.05) is 6.92 Å². The van der Waals surface area contributed by atoms with Gasteiger partial charge in [-0.2, -0.15) is 0 Å². The van der Waals surface area contributed by atoms with E-state index in [1.807, 2.05) is 13.8 Å². The number of nitrogens with one attached hydrogen (secondary N) is 1. The number of rotatable bonds is 8. The number of hydrogen-bond acceptors (Lipinski definition) is 3. The molecule has 3 heteroatoms. The van der Waals surface area contributed by atoms with E-state index in [0.717, 1.165) is 13.2 Å². The first-order valence-corrected chi connectivity index (χ1v) is 5.58. The van der Waals surface area contributed by atoms with Crippen molar-refractivity contribution in [3.8, 4) is 0 Å². The average Bonchev–Trinajstić information content (AvgIpc) is 2.15. The second-order valence-corrected chi connectivity index (χ2v) is 3.66. The fourth-order valence-corrected chi connectivity index (χ4v) is 1.30. The van der Waals surface area contributed by atoms with Crippen molar-refractivity contribution in [2.24, 2.45) is 0 Å². The van der Waals surface area contributed by atoms with Gasteiger partial charge in [0, 0.05) is 12.6 Å². The van der Waals surface area contributed by atoms with Gasteiger partial charge in [0.25, 0.3) is 0 Å². The topological polar surface area (TPSA) is 30.5 Å². The molecule has 0 fully saturated rings. The van der Waals surface area contributed by atoms with Crippen LogP contribution in [0.4, 0.5) is 0 Å². The molecule has 0 aromatic rings. The van der Waals surface area contributed by atoms with E-state index >= 15 is 0 Å². The van der Waals surface area contributed by atoms with E-state index in [4.69, 9.17) is 9.47 Å². The normalized spacial score (nSPS) is 17.8. The third-order valence-corrected chi connectivity index (χ3v) is 2.23. The van der Waals surface area contributed by atoms with Crippen LogP contribution >= 0.6 is 0 Å². The molecule has 0 bridgehead atoms. The summed E-state index contributed by atoms with van der Waals surface area (Å²) in [6.07, 6.45) is 0.400. The predicted molar refractivity (Wildman–Crippen MR) is 59.6 cm³/mol. The molecule has 0 saturated heterocycles. The second kappa shape index (κ2) is 8.21.